The van der Waals surface area contributed by atoms with E-state index in [0.717, 1.165) is 0 Å². The van der Waals surface area contributed by atoms with Crippen LogP contribution in [0.1, 0.15) is 11.7 Å². The predicted octanol–water partition coefficient (Wildman–Crippen LogP) is -1.08. The van der Waals surface area contributed by atoms with Crippen LogP contribution in [0.4, 0.5) is 0 Å². The Kier molecular flexibility index (Phi) is 2.88. The van der Waals surface area contributed by atoms with Crippen LogP contribution in [0.15, 0.2) is 18.7 Å². The molecule has 13 heavy (non-hydrogen) atoms. The van der Waals surface area contributed by atoms with Gasteiger partial charge in [0.2, 0.25) is 0 Å². The monoisotopic (exact) mass is 183 g/mol. The molecule has 0 aliphatic carbocycles. The van der Waals surface area contributed by atoms with Gasteiger partial charge in [0.05, 0.1) is 0 Å². The first-order chi connectivity index (χ1) is 6.13. The average Bonchev–Trinajstić information content (AvgIpc) is 2.17. The van der Waals surface area contributed by atoms with E-state index in [1.165, 1.54) is 18.7 Å². The Labute approximate surface area is 74.1 Å². The van der Waals surface area contributed by atoms with E-state index in [0.29, 0.717) is 0 Å². The maximum atomic E-state index is 10.4. The van der Waals surface area contributed by atoms with Gasteiger partial charge in [0, 0.05) is 18.0 Å². The Morgan fingerprint density at radius 3 is 2.46 bits per heavy atom. The van der Waals surface area contributed by atoms with Crippen molar-refractivity contribution in [3.05, 3.63) is 24.3 Å². The minimum absolute atomic E-state index is 0.289. The molecular weight excluding hydrogens is 174 g/mol. The maximum absolute atomic E-state index is 10.4. The number of rotatable bonds is 3. The van der Waals surface area contributed by atoms with Crippen LogP contribution in [0, 0.1) is 0 Å². The van der Waals surface area contributed by atoms with Crippen LogP contribution in [0.2, 0.25) is 0 Å². The molecule has 0 amide bonds. The third-order valence-corrected chi connectivity index (χ3v) is 1.55. The minimum Gasteiger partial charge on any atom is -0.480 e. The third kappa shape index (κ3) is 2.20. The number of hydrogen-bond donors (Lipinski definition) is 3. The van der Waals surface area contributed by atoms with Crippen molar-refractivity contribution in [3.8, 4) is 0 Å². The van der Waals surface area contributed by atoms with E-state index < -0.39 is 18.1 Å². The summed E-state index contributed by atoms with van der Waals surface area (Å²) in [6, 6.07) is -1.36. The molecule has 0 aliphatic rings. The summed E-state index contributed by atoms with van der Waals surface area (Å²) in [5, 5.41) is 17.9. The topological polar surface area (TPSA) is 109 Å². The van der Waals surface area contributed by atoms with Gasteiger partial charge < -0.3 is 15.9 Å². The second kappa shape index (κ2) is 3.92. The number of carboxylic acids is 1. The van der Waals surface area contributed by atoms with Crippen molar-refractivity contribution < 1.29 is 15.0 Å². The maximum Gasteiger partial charge on any atom is 0.323 e. The summed E-state index contributed by atoms with van der Waals surface area (Å²) >= 11 is 0. The first kappa shape index (κ1) is 9.56. The van der Waals surface area contributed by atoms with Gasteiger partial charge in [-0.1, -0.05) is 0 Å². The van der Waals surface area contributed by atoms with Crippen molar-refractivity contribution in [3.63, 3.8) is 0 Å². The van der Waals surface area contributed by atoms with Gasteiger partial charge in [0.1, 0.15) is 18.5 Å². The normalized spacial score (nSPS) is 14.9. The molecule has 2 atom stereocenters. The van der Waals surface area contributed by atoms with Crippen LogP contribution in [0.5, 0.6) is 0 Å². The zero-order chi connectivity index (χ0) is 9.84. The molecule has 1 heterocycles. The van der Waals surface area contributed by atoms with Crippen LogP contribution in [0.3, 0.4) is 0 Å². The molecule has 6 nitrogen and oxygen atoms in total. The molecule has 1 rings (SSSR count). The highest BCUT2D eigenvalue weighted by molar-refractivity contribution is 5.74. The van der Waals surface area contributed by atoms with Crippen molar-refractivity contribution in [1.29, 1.82) is 0 Å². The van der Waals surface area contributed by atoms with Gasteiger partial charge in [-0.05, 0) is 0 Å². The number of carbonyl (C=O) groups is 1. The number of aliphatic hydroxyl groups excluding tert-OH is 1. The Balaban J connectivity index is 2.79. The summed E-state index contributed by atoms with van der Waals surface area (Å²) in [4.78, 5) is 17.6. The molecule has 1 aromatic rings. The van der Waals surface area contributed by atoms with E-state index in [2.05, 4.69) is 9.97 Å². The third-order valence-electron chi connectivity index (χ3n) is 1.55. The summed E-state index contributed by atoms with van der Waals surface area (Å²) < 4.78 is 0. The lowest BCUT2D eigenvalue weighted by Gasteiger charge is -2.13. The number of nitrogens with zero attached hydrogens (tertiary/aromatic N) is 2. The van der Waals surface area contributed by atoms with E-state index in [9.17, 15) is 9.90 Å². The van der Waals surface area contributed by atoms with Gasteiger partial charge >= 0.3 is 5.97 Å². The fourth-order valence-electron chi connectivity index (χ4n) is 0.806. The lowest BCUT2D eigenvalue weighted by atomic mass is 10.1. The summed E-state index contributed by atoms with van der Waals surface area (Å²) in [7, 11) is 0. The molecule has 1 aromatic heterocycles. The van der Waals surface area contributed by atoms with Crippen LogP contribution in [-0.2, 0) is 4.79 Å². The number of hydrogen-bond acceptors (Lipinski definition) is 5. The van der Waals surface area contributed by atoms with Crippen LogP contribution < -0.4 is 5.73 Å². The largest absolute Gasteiger partial charge is 0.480 e. The summed E-state index contributed by atoms with van der Waals surface area (Å²) in [5.41, 5.74) is 5.48. The fraction of sp³-hybridized carbons (Fsp3) is 0.286. The average molecular weight is 183 g/mol. The van der Waals surface area contributed by atoms with Gasteiger partial charge in [0.25, 0.3) is 0 Å². The summed E-state index contributed by atoms with van der Waals surface area (Å²) in [6.45, 7) is 0. The van der Waals surface area contributed by atoms with E-state index in [4.69, 9.17) is 10.8 Å². The Morgan fingerprint density at radius 1 is 1.46 bits per heavy atom. The molecule has 70 valence electrons. The Morgan fingerprint density at radius 2 is 2.00 bits per heavy atom. The molecule has 0 saturated carbocycles. The summed E-state index contributed by atoms with van der Waals surface area (Å²) in [5.74, 6) is -1.27. The van der Waals surface area contributed by atoms with Gasteiger partial charge in [-0.3, -0.25) is 4.79 Å². The van der Waals surface area contributed by atoms with E-state index in [-0.39, 0.29) is 5.56 Å². The van der Waals surface area contributed by atoms with Crippen molar-refractivity contribution >= 4 is 5.97 Å². The van der Waals surface area contributed by atoms with E-state index >= 15 is 0 Å². The highest BCUT2D eigenvalue weighted by atomic mass is 16.4. The zero-order valence-corrected chi connectivity index (χ0v) is 6.66. The Bertz CT molecular complexity index is 290. The van der Waals surface area contributed by atoms with Crippen molar-refractivity contribution in [2.45, 2.75) is 12.1 Å². The quantitative estimate of drug-likeness (QED) is 0.550. The first-order valence-electron chi connectivity index (χ1n) is 3.54. The van der Waals surface area contributed by atoms with Crippen LogP contribution >= 0.6 is 0 Å². The molecule has 4 N–H and O–H groups in total. The van der Waals surface area contributed by atoms with Crippen LogP contribution in [0.25, 0.3) is 0 Å². The molecule has 0 bridgehead atoms. The molecule has 0 spiro atoms. The number of aromatic nitrogens is 2. The number of nitrogens with two attached hydrogens (primary N) is 1. The highest BCUT2D eigenvalue weighted by Gasteiger charge is 2.23. The molecule has 6 heteroatoms. The molecule has 0 aliphatic heterocycles. The van der Waals surface area contributed by atoms with Gasteiger partial charge in [-0.2, -0.15) is 0 Å². The van der Waals surface area contributed by atoms with Gasteiger partial charge in [0.15, 0.2) is 0 Å². The van der Waals surface area contributed by atoms with E-state index in [1.807, 2.05) is 0 Å². The van der Waals surface area contributed by atoms with E-state index in [1.54, 1.807) is 0 Å². The molecule has 0 radical (unpaired) electrons. The van der Waals surface area contributed by atoms with Gasteiger partial charge in [-0.15, -0.1) is 0 Å². The highest BCUT2D eigenvalue weighted by Crippen LogP contribution is 2.12. The second-order valence-electron chi connectivity index (χ2n) is 2.48. The van der Waals surface area contributed by atoms with Crippen molar-refractivity contribution in [2.24, 2.45) is 5.73 Å². The fourth-order valence-corrected chi connectivity index (χ4v) is 0.806. The second-order valence-corrected chi connectivity index (χ2v) is 2.48. The lowest BCUT2D eigenvalue weighted by Crippen LogP contribution is -2.36. The number of aliphatic carboxylic acids is 1. The molecule has 0 aromatic carbocycles. The zero-order valence-electron chi connectivity index (χ0n) is 6.66. The van der Waals surface area contributed by atoms with Crippen molar-refractivity contribution in [2.75, 3.05) is 0 Å². The number of carboxylic acid groups (broad SMARTS) is 1. The van der Waals surface area contributed by atoms with Crippen molar-refractivity contribution in [1.82, 2.24) is 9.97 Å². The Hall–Kier alpha value is -1.53. The standard InChI is InChI=1S/C7H9N3O3/c8-5(7(12)13)6(11)4-1-9-3-10-2-4/h1-3,5-6,11H,8H2,(H,12,13). The summed E-state index contributed by atoms with van der Waals surface area (Å²) in [6.07, 6.45) is 2.64. The van der Waals surface area contributed by atoms with Crippen LogP contribution in [-0.4, -0.2) is 32.2 Å². The molecule has 0 saturated heterocycles. The van der Waals surface area contributed by atoms with Gasteiger partial charge in [-0.25, -0.2) is 9.97 Å². The minimum atomic E-state index is -1.36. The number of aliphatic hydroxyl groups is 1. The smallest absolute Gasteiger partial charge is 0.323 e. The molecule has 0 fully saturated rings. The molecule has 2 unspecified atom stereocenters. The first-order valence-corrected chi connectivity index (χ1v) is 3.54. The lowest BCUT2D eigenvalue weighted by molar-refractivity contribution is -0.141. The SMILES string of the molecule is NC(C(=O)O)C(O)c1cncnc1. The predicted molar refractivity (Wildman–Crippen MR) is 42.6 cm³/mol. The molecular formula is C7H9N3O3.